The van der Waals surface area contributed by atoms with Crippen LogP contribution in [0.3, 0.4) is 0 Å². The van der Waals surface area contributed by atoms with E-state index in [-0.39, 0.29) is 0 Å². The van der Waals surface area contributed by atoms with Crippen molar-refractivity contribution >= 4 is 0 Å². The van der Waals surface area contributed by atoms with Gasteiger partial charge >= 0.3 is 0 Å². The second-order valence-electron chi connectivity index (χ2n) is 5.30. The Bertz CT molecular complexity index is 246. The highest BCUT2D eigenvalue weighted by Gasteiger charge is 2.44. The van der Waals surface area contributed by atoms with E-state index in [1.807, 2.05) is 0 Å². The van der Waals surface area contributed by atoms with Gasteiger partial charge in [-0.3, -0.25) is 0 Å². The highest BCUT2D eigenvalue weighted by Crippen LogP contribution is 2.46. The molecular formula is C14H25NO. The monoisotopic (exact) mass is 223 g/mol. The predicted molar refractivity (Wildman–Crippen MR) is 65.8 cm³/mol. The summed E-state index contributed by atoms with van der Waals surface area (Å²) >= 11 is 0. The van der Waals surface area contributed by atoms with E-state index in [1.54, 1.807) is 0 Å². The minimum Gasteiger partial charge on any atom is -0.391 e. The van der Waals surface area contributed by atoms with Crippen LogP contribution in [0.4, 0.5) is 0 Å². The number of hydrogen-bond donors (Lipinski definition) is 1. The van der Waals surface area contributed by atoms with Crippen molar-refractivity contribution in [1.82, 2.24) is 0 Å². The van der Waals surface area contributed by atoms with Crippen LogP contribution >= 0.6 is 0 Å². The van der Waals surface area contributed by atoms with E-state index in [0.29, 0.717) is 5.92 Å². The second-order valence-corrected chi connectivity index (χ2v) is 5.30. The third kappa shape index (κ3) is 2.98. The minimum atomic E-state index is -0.422. The Morgan fingerprint density at radius 1 is 1.44 bits per heavy atom. The van der Waals surface area contributed by atoms with Crippen LogP contribution in [-0.4, -0.2) is 11.2 Å². The lowest BCUT2D eigenvalue weighted by atomic mass is 9.79. The Kier molecular flexibility index (Phi) is 5.28. The molecule has 0 aromatic carbocycles. The summed E-state index contributed by atoms with van der Waals surface area (Å²) in [5, 5.41) is 19.6. The zero-order valence-electron chi connectivity index (χ0n) is 10.7. The van der Waals surface area contributed by atoms with Gasteiger partial charge in [0.1, 0.15) is 0 Å². The first-order valence-electron chi connectivity index (χ1n) is 6.77. The van der Waals surface area contributed by atoms with Gasteiger partial charge in [0.2, 0.25) is 0 Å². The number of aliphatic hydroxyl groups excluding tert-OH is 1. The highest BCUT2D eigenvalue weighted by molar-refractivity contribution is 5.07. The van der Waals surface area contributed by atoms with Gasteiger partial charge in [-0.1, -0.05) is 39.5 Å². The molecule has 92 valence electrons. The summed E-state index contributed by atoms with van der Waals surface area (Å²) in [6.07, 6.45) is 7.86. The van der Waals surface area contributed by atoms with E-state index < -0.39 is 11.5 Å². The molecule has 1 N–H and O–H groups in total. The van der Waals surface area contributed by atoms with Gasteiger partial charge in [-0.15, -0.1) is 0 Å². The lowest BCUT2D eigenvalue weighted by molar-refractivity contribution is 0.0549. The zero-order chi connectivity index (χ0) is 12.0. The number of nitriles is 1. The van der Waals surface area contributed by atoms with Gasteiger partial charge in [0.05, 0.1) is 17.6 Å². The molecule has 1 aliphatic rings. The molecule has 1 rings (SSSR count). The maximum atomic E-state index is 10.2. The van der Waals surface area contributed by atoms with Gasteiger partial charge in [-0.25, -0.2) is 0 Å². The van der Waals surface area contributed by atoms with Crippen molar-refractivity contribution in [2.75, 3.05) is 0 Å². The van der Waals surface area contributed by atoms with Gasteiger partial charge in [0, 0.05) is 0 Å². The average molecular weight is 223 g/mol. The Hall–Kier alpha value is -0.550. The molecule has 0 aliphatic heterocycles. The van der Waals surface area contributed by atoms with Crippen LogP contribution in [0.2, 0.25) is 0 Å². The third-order valence-electron chi connectivity index (χ3n) is 4.17. The lowest BCUT2D eigenvalue weighted by Crippen LogP contribution is -2.31. The number of unbranched alkanes of at least 4 members (excludes halogenated alkanes) is 2. The second kappa shape index (κ2) is 6.25. The van der Waals surface area contributed by atoms with Crippen molar-refractivity contribution in [3.63, 3.8) is 0 Å². The summed E-state index contributed by atoms with van der Waals surface area (Å²) in [6, 6.07) is 2.42. The molecule has 0 radical (unpaired) electrons. The maximum absolute atomic E-state index is 10.2. The molecule has 0 amide bonds. The van der Waals surface area contributed by atoms with Gasteiger partial charge in [0.25, 0.3) is 0 Å². The molecule has 1 fully saturated rings. The third-order valence-corrected chi connectivity index (χ3v) is 4.17. The zero-order valence-corrected chi connectivity index (χ0v) is 10.7. The normalized spacial score (nSPS) is 31.2. The first kappa shape index (κ1) is 13.5. The number of nitrogens with zero attached hydrogens (tertiary/aromatic N) is 1. The Morgan fingerprint density at radius 3 is 2.69 bits per heavy atom. The van der Waals surface area contributed by atoms with Crippen LogP contribution in [0.15, 0.2) is 0 Å². The smallest absolute Gasteiger partial charge is 0.0835 e. The minimum absolute atomic E-state index is 0.402. The van der Waals surface area contributed by atoms with Crippen LogP contribution in [-0.2, 0) is 0 Å². The first-order valence-corrected chi connectivity index (χ1v) is 6.77. The molecule has 2 heteroatoms. The van der Waals surface area contributed by atoms with E-state index >= 15 is 0 Å². The van der Waals surface area contributed by atoms with Crippen LogP contribution in [0.25, 0.3) is 0 Å². The van der Waals surface area contributed by atoms with Gasteiger partial charge in [-0.05, 0) is 31.6 Å². The predicted octanol–water partition coefficient (Wildman–Crippen LogP) is 3.65. The Morgan fingerprint density at radius 2 is 2.19 bits per heavy atom. The summed E-state index contributed by atoms with van der Waals surface area (Å²) in [7, 11) is 0. The van der Waals surface area contributed by atoms with Crippen molar-refractivity contribution in [3.8, 4) is 6.07 Å². The fourth-order valence-electron chi connectivity index (χ4n) is 2.87. The summed E-state index contributed by atoms with van der Waals surface area (Å²) in [5.74, 6) is 0.653. The van der Waals surface area contributed by atoms with Crippen LogP contribution in [0.1, 0.15) is 65.2 Å². The van der Waals surface area contributed by atoms with Gasteiger partial charge in [0.15, 0.2) is 0 Å². The highest BCUT2D eigenvalue weighted by atomic mass is 16.3. The van der Waals surface area contributed by atoms with Crippen molar-refractivity contribution in [3.05, 3.63) is 0 Å². The SMILES string of the molecule is CCCCCC(O)C1(C#N)CCC(CC)C1. The quantitative estimate of drug-likeness (QED) is 0.698. The molecule has 2 nitrogen and oxygen atoms in total. The Labute approximate surface area is 99.7 Å². The number of aliphatic hydroxyl groups is 1. The van der Waals surface area contributed by atoms with E-state index in [0.717, 1.165) is 44.9 Å². The fourth-order valence-corrected chi connectivity index (χ4v) is 2.87. The summed E-state index contributed by atoms with van der Waals surface area (Å²) < 4.78 is 0. The maximum Gasteiger partial charge on any atom is 0.0835 e. The molecule has 16 heavy (non-hydrogen) atoms. The Balaban J connectivity index is 2.50. The lowest BCUT2D eigenvalue weighted by Gasteiger charge is -2.27. The van der Waals surface area contributed by atoms with E-state index in [1.165, 1.54) is 6.42 Å². The standard InChI is InChI=1S/C14H25NO/c1-3-5-6-7-13(16)14(11-15)9-8-12(4-2)10-14/h12-13,16H,3-10H2,1-2H3. The molecular weight excluding hydrogens is 198 g/mol. The topological polar surface area (TPSA) is 44.0 Å². The van der Waals surface area contributed by atoms with Crippen molar-refractivity contribution in [1.29, 1.82) is 5.26 Å². The number of rotatable bonds is 6. The van der Waals surface area contributed by atoms with Crippen molar-refractivity contribution in [2.24, 2.45) is 11.3 Å². The van der Waals surface area contributed by atoms with Gasteiger partial charge < -0.3 is 5.11 Å². The summed E-state index contributed by atoms with van der Waals surface area (Å²) in [4.78, 5) is 0. The average Bonchev–Trinajstić information content (AvgIpc) is 2.74. The molecule has 0 spiro atoms. The molecule has 0 aromatic rings. The molecule has 0 heterocycles. The largest absolute Gasteiger partial charge is 0.391 e. The molecule has 3 unspecified atom stereocenters. The molecule has 0 aromatic heterocycles. The van der Waals surface area contributed by atoms with Crippen LogP contribution in [0.5, 0.6) is 0 Å². The van der Waals surface area contributed by atoms with E-state index in [9.17, 15) is 10.4 Å². The first-order chi connectivity index (χ1) is 7.68. The fraction of sp³-hybridized carbons (Fsp3) is 0.929. The van der Waals surface area contributed by atoms with Crippen LogP contribution < -0.4 is 0 Å². The molecule has 0 saturated heterocycles. The number of hydrogen-bond acceptors (Lipinski definition) is 2. The van der Waals surface area contributed by atoms with E-state index in [2.05, 4.69) is 19.9 Å². The van der Waals surface area contributed by atoms with Crippen molar-refractivity contribution < 1.29 is 5.11 Å². The molecule has 0 bridgehead atoms. The van der Waals surface area contributed by atoms with E-state index in [4.69, 9.17) is 0 Å². The van der Waals surface area contributed by atoms with Crippen LogP contribution in [0, 0.1) is 22.7 Å². The molecule has 3 atom stereocenters. The molecule has 1 aliphatic carbocycles. The summed E-state index contributed by atoms with van der Waals surface area (Å²) in [6.45, 7) is 4.34. The molecule has 1 saturated carbocycles. The van der Waals surface area contributed by atoms with Gasteiger partial charge in [-0.2, -0.15) is 5.26 Å². The van der Waals surface area contributed by atoms with Crippen molar-refractivity contribution in [2.45, 2.75) is 71.3 Å². The summed E-state index contributed by atoms with van der Waals surface area (Å²) in [5.41, 5.74) is -0.422.